The van der Waals surface area contributed by atoms with Crippen molar-refractivity contribution in [3.05, 3.63) is 59.7 Å². The second-order valence-electron chi connectivity index (χ2n) is 7.78. The predicted octanol–water partition coefficient (Wildman–Crippen LogP) is 6.49. The molecule has 2 N–H and O–H groups in total. The van der Waals surface area contributed by atoms with E-state index in [1.807, 2.05) is 30.5 Å². The van der Waals surface area contributed by atoms with E-state index in [1.54, 1.807) is 62.5 Å². The second kappa shape index (κ2) is 9.62. The molecule has 0 radical (unpaired) electrons. The lowest BCUT2D eigenvalue weighted by Crippen LogP contribution is -2.27. The van der Waals surface area contributed by atoms with Gasteiger partial charge in [-0.2, -0.15) is 0 Å². The van der Waals surface area contributed by atoms with Gasteiger partial charge in [-0.05, 0) is 75.4 Å². The van der Waals surface area contributed by atoms with Crippen LogP contribution in [-0.2, 0) is 4.74 Å². The summed E-state index contributed by atoms with van der Waals surface area (Å²) in [5, 5.41) is 5.70. The Morgan fingerprint density at radius 1 is 1.03 bits per heavy atom. The largest absolute Gasteiger partial charge is 0.444 e. The Balaban J connectivity index is 1.86. The number of hydrogen-bond donors (Lipinski definition) is 2. The summed E-state index contributed by atoms with van der Waals surface area (Å²) in [5.74, 6) is 0.816. The van der Waals surface area contributed by atoms with Crippen molar-refractivity contribution < 1.29 is 14.3 Å². The quantitative estimate of drug-likeness (QED) is 0.518. The zero-order chi connectivity index (χ0) is 21.7. The number of thioether (sulfide) groups is 2. The highest BCUT2D eigenvalue weighted by Crippen LogP contribution is 2.37. The highest BCUT2D eigenvalue weighted by molar-refractivity contribution is 8.08. The van der Waals surface area contributed by atoms with E-state index in [4.69, 9.17) is 4.74 Å². The van der Waals surface area contributed by atoms with E-state index in [2.05, 4.69) is 16.7 Å². The van der Waals surface area contributed by atoms with E-state index >= 15 is 0 Å². The van der Waals surface area contributed by atoms with Crippen molar-refractivity contribution in [3.63, 3.8) is 0 Å². The molecule has 2 aromatic rings. The molecule has 3 rings (SSSR count). The Kier molecular flexibility index (Phi) is 7.15. The third kappa shape index (κ3) is 6.06. The Morgan fingerprint density at radius 3 is 2.37 bits per heavy atom. The summed E-state index contributed by atoms with van der Waals surface area (Å²) in [4.78, 5) is 27.4. The normalized spacial score (nSPS) is 13.5. The van der Waals surface area contributed by atoms with E-state index < -0.39 is 11.7 Å². The number of nitrogens with one attached hydrogen (secondary N) is 2. The lowest BCUT2D eigenvalue weighted by molar-refractivity contribution is 0.0635. The number of anilines is 2. The molecule has 0 spiro atoms. The molecule has 0 unspecified atom stereocenters. The van der Waals surface area contributed by atoms with Crippen LogP contribution < -0.4 is 10.6 Å². The fourth-order valence-corrected chi connectivity index (χ4v) is 4.27. The monoisotopic (exact) mass is 442 g/mol. The first-order chi connectivity index (χ1) is 14.2. The van der Waals surface area contributed by atoms with Crippen molar-refractivity contribution in [3.8, 4) is 0 Å². The summed E-state index contributed by atoms with van der Waals surface area (Å²) in [6.45, 7) is 5.42. The van der Waals surface area contributed by atoms with Crippen LogP contribution in [0, 0.1) is 0 Å². The van der Waals surface area contributed by atoms with Crippen LogP contribution in [0.4, 0.5) is 16.2 Å². The number of rotatable bonds is 5. The predicted molar refractivity (Wildman–Crippen MR) is 128 cm³/mol. The third-order valence-electron chi connectivity index (χ3n) is 4.25. The molecule has 0 saturated carbocycles. The van der Waals surface area contributed by atoms with Crippen molar-refractivity contribution in [2.75, 3.05) is 22.6 Å². The maximum Gasteiger partial charge on any atom is 0.412 e. The SMILES string of the molecule is CSc1ccc(C(=O)Nc2cc(C3=CCCS3)ccc2NC(=O)OC(C)(C)C)cc1. The smallest absolute Gasteiger partial charge is 0.412 e. The van der Waals surface area contributed by atoms with E-state index in [-0.39, 0.29) is 5.91 Å². The molecular weight excluding hydrogens is 416 g/mol. The number of allylic oxidation sites excluding steroid dienone is 1. The standard InChI is InChI=1S/C23H26N2O3S2/c1-23(2,3)28-22(27)25-18-12-9-16(20-6-5-13-30-20)14-19(18)24-21(26)15-7-10-17(29-4)11-8-15/h6-12,14H,5,13H2,1-4H3,(H,24,26)(H,25,27). The van der Waals surface area contributed by atoms with Gasteiger partial charge < -0.3 is 10.1 Å². The summed E-state index contributed by atoms with van der Waals surface area (Å²) in [5.41, 5.74) is 1.98. The Morgan fingerprint density at radius 2 is 1.77 bits per heavy atom. The van der Waals surface area contributed by atoms with Gasteiger partial charge in [0.1, 0.15) is 5.60 Å². The number of benzene rings is 2. The molecule has 158 valence electrons. The van der Waals surface area contributed by atoms with Crippen LogP contribution in [-0.4, -0.2) is 29.6 Å². The first kappa shape index (κ1) is 22.3. The van der Waals surface area contributed by atoms with Crippen LogP contribution >= 0.6 is 23.5 Å². The molecule has 0 fully saturated rings. The minimum atomic E-state index is -0.613. The summed E-state index contributed by atoms with van der Waals surface area (Å²) in [7, 11) is 0. The van der Waals surface area contributed by atoms with E-state index in [9.17, 15) is 9.59 Å². The molecule has 1 heterocycles. The van der Waals surface area contributed by atoms with Gasteiger partial charge in [0.2, 0.25) is 0 Å². The summed E-state index contributed by atoms with van der Waals surface area (Å²) < 4.78 is 5.36. The summed E-state index contributed by atoms with van der Waals surface area (Å²) in [6, 6.07) is 13.0. The van der Waals surface area contributed by atoms with Gasteiger partial charge >= 0.3 is 6.09 Å². The van der Waals surface area contributed by atoms with Gasteiger partial charge in [-0.15, -0.1) is 23.5 Å². The molecule has 7 heteroatoms. The van der Waals surface area contributed by atoms with E-state index in [0.29, 0.717) is 16.9 Å². The van der Waals surface area contributed by atoms with Crippen LogP contribution in [0.1, 0.15) is 43.1 Å². The van der Waals surface area contributed by atoms with Gasteiger partial charge in [-0.25, -0.2) is 4.79 Å². The molecule has 0 aromatic heterocycles. The molecule has 0 aliphatic carbocycles. The highest BCUT2D eigenvalue weighted by atomic mass is 32.2. The second-order valence-corrected chi connectivity index (χ2v) is 9.79. The number of hydrogen-bond acceptors (Lipinski definition) is 5. The van der Waals surface area contributed by atoms with Crippen molar-refractivity contribution in [1.82, 2.24) is 0 Å². The van der Waals surface area contributed by atoms with Gasteiger partial charge in [-0.1, -0.05) is 12.1 Å². The van der Waals surface area contributed by atoms with Crippen LogP contribution in [0.2, 0.25) is 0 Å². The maximum atomic E-state index is 12.8. The lowest BCUT2D eigenvalue weighted by Gasteiger charge is -2.21. The molecule has 1 aliphatic heterocycles. The summed E-state index contributed by atoms with van der Waals surface area (Å²) in [6.07, 6.45) is 4.64. The van der Waals surface area contributed by atoms with Crippen LogP contribution in [0.25, 0.3) is 4.91 Å². The van der Waals surface area contributed by atoms with Crippen molar-refractivity contribution >= 4 is 51.8 Å². The molecule has 5 nitrogen and oxygen atoms in total. The molecule has 0 saturated heterocycles. The van der Waals surface area contributed by atoms with Crippen LogP contribution in [0.5, 0.6) is 0 Å². The molecule has 2 aromatic carbocycles. The minimum absolute atomic E-state index is 0.236. The highest BCUT2D eigenvalue weighted by Gasteiger charge is 2.19. The number of amides is 2. The molecule has 30 heavy (non-hydrogen) atoms. The Hall–Kier alpha value is -2.38. The fraction of sp³-hybridized carbons (Fsp3) is 0.304. The van der Waals surface area contributed by atoms with Crippen LogP contribution in [0.3, 0.4) is 0 Å². The van der Waals surface area contributed by atoms with Gasteiger partial charge in [-0.3, -0.25) is 10.1 Å². The molecule has 0 atom stereocenters. The first-order valence-corrected chi connectivity index (χ1v) is 11.9. The number of carbonyl (C=O) groups excluding carboxylic acids is 2. The van der Waals surface area contributed by atoms with Crippen molar-refractivity contribution in [1.29, 1.82) is 0 Å². The molecule has 1 aliphatic rings. The van der Waals surface area contributed by atoms with Gasteiger partial charge in [0.05, 0.1) is 11.4 Å². The first-order valence-electron chi connectivity index (χ1n) is 9.68. The fourth-order valence-electron chi connectivity index (χ4n) is 2.88. The van der Waals surface area contributed by atoms with Crippen molar-refractivity contribution in [2.45, 2.75) is 37.7 Å². The van der Waals surface area contributed by atoms with E-state index in [0.717, 1.165) is 22.6 Å². The zero-order valence-electron chi connectivity index (χ0n) is 17.6. The average molecular weight is 443 g/mol. The average Bonchev–Trinajstić information content (AvgIpc) is 3.22. The van der Waals surface area contributed by atoms with Gasteiger partial charge in [0, 0.05) is 21.1 Å². The van der Waals surface area contributed by atoms with E-state index in [1.165, 1.54) is 4.91 Å². The Bertz CT molecular complexity index is 963. The summed E-state index contributed by atoms with van der Waals surface area (Å²) >= 11 is 3.41. The van der Waals surface area contributed by atoms with Crippen molar-refractivity contribution in [2.24, 2.45) is 0 Å². The number of carbonyl (C=O) groups is 2. The molecular formula is C23H26N2O3S2. The van der Waals surface area contributed by atoms with Gasteiger partial charge in [0.15, 0.2) is 0 Å². The third-order valence-corrected chi connectivity index (χ3v) is 6.14. The Labute approximate surface area is 186 Å². The minimum Gasteiger partial charge on any atom is -0.444 e. The maximum absolute atomic E-state index is 12.8. The zero-order valence-corrected chi connectivity index (χ0v) is 19.2. The topological polar surface area (TPSA) is 67.4 Å². The van der Waals surface area contributed by atoms with Gasteiger partial charge in [0.25, 0.3) is 5.91 Å². The number of ether oxygens (including phenoxy) is 1. The lowest BCUT2D eigenvalue weighted by atomic mass is 10.1. The molecule has 0 bridgehead atoms. The molecule has 2 amide bonds. The van der Waals surface area contributed by atoms with Crippen LogP contribution in [0.15, 0.2) is 53.4 Å².